The first-order valence-corrected chi connectivity index (χ1v) is 5.61. The number of hydrogen-bond donors (Lipinski definition) is 1. The summed E-state index contributed by atoms with van der Waals surface area (Å²) in [4.78, 5) is 10.7. The number of aliphatic carboxylic acids is 1. The Morgan fingerprint density at radius 1 is 1.53 bits per heavy atom. The van der Waals surface area contributed by atoms with Gasteiger partial charge >= 0.3 is 5.97 Å². The van der Waals surface area contributed by atoms with Gasteiger partial charge in [-0.05, 0) is 34.0 Å². The Morgan fingerprint density at radius 2 is 2.12 bits per heavy atom. The summed E-state index contributed by atoms with van der Waals surface area (Å²) in [6.07, 6.45) is 0.0638. The van der Waals surface area contributed by atoms with E-state index in [4.69, 9.17) is 9.84 Å². The molecule has 1 N–H and O–H groups in total. The molecule has 1 aromatic carbocycles. The number of carbonyl (C=O) groups is 1. The minimum Gasteiger partial charge on any atom is -0.493 e. The first-order valence-electron chi connectivity index (χ1n) is 4.81. The molecular weight excluding hydrogens is 298 g/mol. The number of rotatable bonds is 4. The van der Waals surface area contributed by atoms with Gasteiger partial charge in [0, 0.05) is 0 Å². The van der Waals surface area contributed by atoms with Crippen molar-refractivity contribution in [3.63, 3.8) is 0 Å². The zero-order valence-electron chi connectivity index (χ0n) is 9.26. The van der Waals surface area contributed by atoms with Crippen LogP contribution in [0.4, 0.5) is 8.78 Å². The molecule has 17 heavy (non-hydrogen) atoms. The summed E-state index contributed by atoms with van der Waals surface area (Å²) in [5, 5.41) is 8.78. The van der Waals surface area contributed by atoms with E-state index in [0.29, 0.717) is 5.56 Å². The van der Waals surface area contributed by atoms with Crippen molar-refractivity contribution in [3.05, 3.63) is 27.7 Å². The van der Waals surface area contributed by atoms with E-state index in [1.54, 1.807) is 0 Å². The summed E-state index contributed by atoms with van der Waals surface area (Å²) in [5.41, 5.74) is 0.313. The largest absolute Gasteiger partial charge is 0.493 e. The van der Waals surface area contributed by atoms with E-state index >= 15 is 0 Å². The highest BCUT2D eigenvalue weighted by Crippen LogP contribution is 2.32. The molecule has 0 saturated carbocycles. The molecule has 0 aliphatic carbocycles. The second kappa shape index (κ2) is 5.44. The maximum Gasteiger partial charge on any atom is 0.306 e. The van der Waals surface area contributed by atoms with Crippen LogP contribution in [0, 0.1) is 17.6 Å². The maximum absolute atomic E-state index is 13.5. The normalized spacial score (nSPS) is 12.3. The summed E-state index contributed by atoms with van der Waals surface area (Å²) in [6, 6.07) is 1.33. The summed E-state index contributed by atoms with van der Waals surface area (Å²) < 4.78 is 31.4. The predicted molar refractivity (Wildman–Crippen MR) is 61.1 cm³/mol. The molecule has 0 aromatic heterocycles. The molecule has 0 bridgehead atoms. The molecule has 0 saturated heterocycles. The van der Waals surface area contributed by atoms with Crippen molar-refractivity contribution in [2.45, 2.75) is 13.3 Å². The molecule has 0 aliphatic rings. The Balaban J connectivity index is 3.19. The molecule has 1 aromatic rings. The lowest BCUT2D eigenvalue weighted by Crippen LogP contribution is -2.13. The Bertz CT molecular complexity index is 449. The maximum atomic E-state index is 13.5. The minimum absolute atomic E-state index is 0.0524. The quantitative estimate of drug-likeness (QED) is 0.870. The smallest absolute Gasteiger partial charge is 0.306 e. The number of ether oxygens (including phenoxy) is 1. The van der Waals surface area contributed by atoms with Gasteiger partial charge in [-0.3, -0.25) is 4.79 Å². The van der Waals surface area contributed by atoms with Crippen LogP contribution in [0.25, 0.3) is 0 Å². The fourth-order valence-electron chi connectivity index (χ4n) is 1.42. The van der Waals surface area contributed by atoms with Crippen LogP contribution < -0.4 is 4.74 Å². The number of methoxy groups -OCH3 is 1. The highest BCUT2D eigenvalue weighted by Gasteiger charge is 2.21. The van der Waals surface area contributed by atoms with Crippen LogP contribution in [-0.2, 0) is 11.2 Å². The van der Waals surface area contributed by atoms with E-state index in [2.05, 4.69) is 15.9 Å². The van der Waals surface area contributed by atoms with Gasteiger partial charge in [-0.25, -0.2) is 4.39 Å². The number of carboxylic acids is 1. The summed E-state index contributed by atoms with van der Waals surface area (Å²) in [5.74, 6) is -4.13. The van der Waals surface area contributed by atoms with Crippen molar-refractivity contribution in [2.24, 2.45) is 5.92 Å². The number of benzene rings is 1. The highest BCUT2D eigenvalue weighted by atomic mass is 79.9. The third kappa shape index (κ3) is 2.94. The van der Waals surface area contributed by atoms with Crippen LogP contribution in [0.15, 0.2) is 10.5 Å². The number of halogens is 3. The first-order chi connectivity index (χ1) is 7.88. The Hall–Kier alpha value is -1.17. The minimum atomic E-state index is -1.12. The van der Waals surface area contributed by atoms with Crippen LogP contribution in [0.1, 0.15) is 12.5 Å². The van der Waals surface area contributed by atoms with Gasteiger partial charge in [0.2, 0.25) is 5.82 Å². The van der Waals surface area contributed by atoms with Crippen molar-refractivity contribution >= 4 is 21.9 Å². The molecule has 0 heterocycles. The third-order valence-electron chi connectivity index (χ3n) is 2.35. The second-order valence-electron chi connectivity index (χ2n) is 3.62. The van der Waals surface area contributed by atoms with E-state index in [1.807, 2.05) is 0 Å². The molecule has 0 radical (unpaired) electrons. The Kier molecular flexibility index (Phi) is 4.45. The van der Waals surface area contributed by atoms with Gasteiger partial charge in [0.05, 0.1) is 17.5 Å². The molecule has 0 aliphatic heterocycles. The van der Waals surface area contributed by atoms with Crippen molar-refractivity contribution in [2.75, 3.05) is 7.11 Å². The standard InChI is InChI=1S/C11H11BrF2O3/c1-5(11(15)16)3-6-4-7(12)8(13)9(14)10(6)17-2/h4-5H,3H2,1-2H3,(H,15,16). The lowest BCUT2D eigenvalue weighted by Gasteiger charge is -2.13. The van der Waals surface area contributed by atoms with E-state index in [-0.39, 0.29) is 16.6 Å². The van der Waals surface area contributed by atoms with E-state index in [9.17, 15) is 13.6 Å². The molecule has 0 amide bonds. The summed E-state index contributed by atoms with van der Waals surface area (Å²) >= 11 is 2.87. The van der Waals surface area contributed by atoms with Crippen molar-refractivity contribution in [1.29, 1.82) is 0 Å². The molecular formula is C11H11BrF2O3. The van der Waals surface area contributed by atoms with E-state index in [1.165, 1.54) is 20.1 Å². The fraction of sp³-hybridized carbons (Fsp3) is 0.364. The fourth-order valence-corrected chi connectivity index (χ4v) is 1.87. The topological polar surface area (TPSA) is 46.5 Å². The lowest BCUT2D eigenvalue weighted by atomic mass is 10.0. The van der Waals surface area contributed by atoms with Crippen LogP contribution in [0.5, 0.6) is 5.75 Å². The SMILES string of the molecule is COc1c(CC(C)C(=O)O)cc(Br)c(F)c1F. The summed E-state index contributed by atoms with van der Waals surface area (Å²) in [6.45, 7) is 1.48. The van der Waals surface area contributed by atoms with Gasteiger partial charge < -0.3 is 9.84 Å². The Labute approximate surface area is 106 Å². The average molecular weight is 309 g/mol. The molecule has 0 spiro atoms. The van der Waals surface area contributed by atoms with Crippen molar-refractivity contribution < 1.29 is 23.4 Å². The van der Waals surface area contributed by atoms with Gasteiger partial charge in [0.15, 0.2) is 11.6 Å². The predicted octanol–water partition coefficient (Wildman–Crippen LogP) is 3.00. The van der Waals surface area contributed by atoms with Gasteiger partial charge in [-0.1, -0.05) is 6.92 Å². The van der Waals surface area contributed by atoms with E-state index in [0.717, 1.165) is 0 Å². The molecule has 1 atom stereocenters. The molecule has 3 nitrogen and oxygen atoms in total. The van der Waals surface area contributed by atoms with Gasteiger partial charge in [-0.15, -0.1) is 0 Å². The van der Waals surface area contributed by atoms with Crippen LogP contribution in [-0.4, -0.2) is 18.2 Å². The molecule has 6 heteroatoms. The zero-order valence-corrected chi connectivity index (χ0v) is 10.8. The second-order valence-corrected chi connectivity index (χ2v) is 4.48. The van der Waals surface area contributed by atoms with Crippen LogP contribution >= 0.6 is 15.9 Å². The van der Waals surface area contributed by atoms with Crippen molar-refractivity contribution in [3.8, 4) is 5.75 Å². The van der Waals surface area contributed by atoms with Crippen LogP contribution in [0.3, 0.4) is 0 Å². The first kappa shape index (κ1) is 13.9. The number of carboxylic acid groups (broad SMARTS) is 1. The third-order valence-corrected chi connectivity index (χ3v) is 2.92. The van der Waals surface area contributed by atoms with Crippen molar-refractivity contribution in [1.82, 2.24) is 0 Å². The van der Waals surface area contributed by atoms with Crippen LogP contribution in [0.2, 0.25) is 0 Å². The molecule has 1 unspecified atom stereocenters. The van der Waals surface area contributed by atoms with E-state index < -0.39 is 23.5 Å². The zero-order chi connectivity index (χ0) is 13.2. The summed E-state index contributed by atoms with van der Waals surface area (Å²) in [7, 11) is 1.21. The average Bonchev–Trinajstić information content (AvgIpc) is 2.26. The van der Waals surface area contributed by atoms with Gasteiger partial charge in [-0.2, -0.15) is 4.39 Å². The Morgan fingerprint density at radius 3 is 2.59 bits per heavy atom. The highest BCUT2D eigenvalue weighted by molar-refractivity contribution is 9.10. The molecule has 0 fully saturated rings. The van der Waals surface area contributed by atoms with Gasteiger partial charge in [0.1, 0.15) is 0 Å². The monoisotopic (exact) mass is 308 g/mol. The molecule has 1 rings (SSSR count). The number of hydrogen-bond acceptors (Lipinski definition) is 2. The molecule has 94 valence electrons. The van der Waals surface area contributed by atoms with Gasteiger partial charge in [0.25, 0.3) is 0 Å². The lowest BCUT2D eigenvalue weighted by molar-refractivity contribution is -0.141.